The molecule has 2 aromatic heterocycles. The lowest BCUT2D eigenvalue weighted by Crippen LogP contribution is -2.50. The number of carbonyl (C=O) groups excluding carboxylic acids is 1. The first-order chi connectivity index (χ1) is 16.9. The van der Waals surface area contributed by atoms with Gasteiger partial charge in [0.05, 0.1) is 28.0 Å². The van der Waals surface area contributed by atoms with Gasteiger partial charge >= 0.3 is 0 Å². The molecule has 1 amide bonds. The maximum atomic E-state index is 13.5. The minimum absolute atomic E-state index is 0.0139. The topological polar surface area (TPSA) is 55.1 Å². The van der Waals surface area contributed by atoms with Crippen molar-refractivity contribution in [2.75, 3.05) is 18.4 Å². The summed E-state index contributed by atoms with van der Waals surface area (Å²) in [6, 6.07) is 18.3. The van der Waals surface area contributed by atoms with E-state index in [0.29, 0.717) is 23.7 Å². The van der Waals surface area contributed by atoms with Crippen LogP contribution in [0.3, 0.4) is 0 Å². The number of para-hydroxylation sites is 1. The molecule has 0 atom stereocenters. The van der Waals surface area contributed by atoms with Crippen LogP contribution in [0.4, 0.5) is 5.69 Å². The van der Waals surface area contributed by atoms with Crippen molar-refractivity contribution in [1.82, 2.24) is 19.2 Å². The minimum Gasteiger partial charge on any atom is -0.375 e. The summed E-state index contributed by atoms with van der Waals surface area (Å²) in [7, 11) is 2.00. The molecule has 7 heteroatoms. The fourth-order valence-electron chi connectivity index (χ4n) is 5.78. The standard InChI is InChI=1S/C28H28ClN5O/c1-18-8-9-19(2)34(18)20-10-11-21(24(29)16-20)27(35)33-14-12-28(13-15-33)23-17-30-32(3)26(23)22-6-4-5-7-25(22)31-28/h4-11,16-17,31H,12-15H2,1-3H3. The zero-order valence-corrected chi connectivity index (χ0v) is 20.9. The lowest BCUT2D eigenvalue weighted by Gasteiger charge is -2.45. The molecule has 0 unspecified atom stereocenters. The van der Waals surface area contributed by atoms with Gasteiger partial charge in [0.2, 0.25) is 0 Å². The van der Waals surface area contributed by atoms with E-state index in [4.69, 9.17) is 11.6 Å². The van der Waals surface area contributed by atoms with Crippen LogP contribution in [0.25, 0.3) is 16.9 Å². The maximum Gasteiger partial charge on any atom is 0.255 e. The van der Waals surface area contributed by atoms with Crippen LogP contribution in [-0.2, 0) is 12.6 Å². The van der Waals surface area contributed by atoms with Crippen molar-refractivity contribution in [2.45, 2.75) is 32.2 Å². The van der Waals surface area contributed by atoms with E-state index in [1.54, 1.807) is 0 Å². The Hall–Kier alpha value is -3.51. The number of rotatable bonds is 2. The third kappa shape index (κ3) is 3.39. The molecule has 35 heavy (non-hydrogen) atoms. The lowest BCUT2D eigenvalue weighted by atomic mass is 9.77. The molecule has 2 aromatic carbocycles. The van der Waals surface area contributed by atoms with Crippen molar-refractivity contribution in [1.29, 1.82) is 0 Å². The Morgan fingerprint density at radius 1 is 1.03 bits per heavy atom. The first kappa shape index (κ1) is 22.0. The molecule has 6 nitrogen and oxygen atoms in total. The fourth-order valence-corrected chi connectivity index (χ4v) is 6.03. The highest BCUT2D eigenvalue weighted by molar-refractivity contribution is 6.34. The van der Waals surface area contributed by atoms with Crippen LogP contribution in [0, 0.1) is 13.8 Å². The molecule has 1 N–H and O–H groups in total. The van der Waals surface area contributed by atoms with E-state index in [-0.39, 0.29) is 11.4 Å². The second-order valence-electron chi connectivity index (χ2n) is 9.69. The van der Waals surface area contributed by atoms with Gasteiger partial charge in [-0.1, -0.05) is 29.8 Å². The summed E-state index contributed by atoms with van der Waals surface area (Å²) in [5.74, 6) is -0.0139. The molecule has 1 fully saturated rings. The van der Waals surface area contributed by atoms with E-state index in [9.17, 15) is 4.79 Å². The minimum atomic E-state index is -0.230. The van der Waals surface area contributed by atoms with Crippen LogP contribution in [0.1, 0.15) is 40.2 Å². The Balaban J connectivity index is 1.25. The van der Waals surface area contributed by atoms with Crippen molar-refractivity contribution < 1.29 is 4.79 Å². The second-order valence-corrected chi connectivity index (χ2v) is 10.1. The number of aryl methyl sites for hydroxylation is 3. The Morgan fingerprint density at radius 2 is 1.74 bits per heavy atom. The molecule has 4 heterocycles. The highest BCUT2D eigenvalue weighted by Crippen LogP contribution is 2.47. The molecule has 1 spiro atoms. The van der Waals surface area contributed by atoms with Gasteiger partial charge < -0.3 is 14.8 Å². The van der Waals surface area contributed by atoms with Gasteiger partial charge in [-0.15, -0.1) is 0 Å². The van der Waals surface area contributed by atoms with Crippen molar-refractivity contribution in [2.24, 2.45) is 7.05 Å². The summed E-state index contributed by atoms with van der Waals surface area (Å²) < 4.78 is 4.10. The average Bonchev–Trinajstić information content (AvgIpc) is 3.41. The second kappa shape index (κ2) is 8.02. The van der Waals surface area contributed by atoms with Crippen LogP contribution in [0.15, 0.2) is 60.8 Å². The summed E-state index contributed by atoms with van der Waals surface area (Å²) >= 11 is 6.65. The van der Waals surface area contributed by atoms with E-state index < -0.39 is 0 Å². The van der Waals surface area contributed by atoms with Crippen molar-refractivity contribution >= 4 is 23.2 Å². The van der Waals surface area contributed by atoms with Gasteiger partial charge in [-0.2, -0.15) is 5.10 Å². The van der Waals surface area contributed by atoms with Crippen molar-refractivity contribution in [3.8, 4) is 16.9 Å². The van der Waals surface area contributed by atoms with Crippen LogP contribution in [0.5, 0.6) is 0 Å². The number of aromatic nitrogens is 3. The van der Waals surface area contributed by atoms with E-state index in [1.807, 2.05) is 41.0 Å². The number of carbonyl (C=O) groups is 1. The number of likely N-dealkylation sites (tertiary alicyclic amines) is 1. The number of nitrogens with zero attached hydrogens (tertiary/aromatic N) is 4. The van der Waals surface area contributed by atoms with E-state index in [0.717, 1.165) is 41.3 Å². The molecule has 2 aliphatic heterocycles. The maximum absolute atomic E-state index is 13.5. The zero-order valence-electron chi connectivity index (χ0n) is 20.2. The molecule has 0 aliphatic carbocycles. The third-order valence-corrected chi connectivity index (χ3v) is 7.94. The van der Waals surface area contributed by atoms with E-state index in [1.165, 1.54) is 11.1 Å². The number of amides is 1. The summed E-state index contributed by atoms with van der Waals surface area (Å²) in [4.78, 5) is 15.4. The van der Waals surface area contributed by atoms with Gasteiger partial charge in [0.25, 0.3) is 5.91 Å². The number of piperidine rings is 1. The monoisotopic (exact) mass is 485 g/mol. The molecule has 1 saturated heterocycles. The zero-order chi connectivity index (χ0) is 24.3. The predicted octanol–water partition coefficient (Wildman–Crippen LogP) is 5.71. The largest absolute Gasteiger partial charge is 0.375 e. The van der Waals surface area contributed by atoms with Gasteiger partial charge in [0.15, 0.2) is 0 Å². The normalized spacial score (nSPS) is 16.1. The molecule has 2 aliphatic rings. The molecule has 4 aromatic rings. The summed E-state index contributed by atoms with van der Waals surface area (Å²) in [6.45, 7) is 5.43. The molecule has 0 radical (unpaired) electrons. The predicted molar refractivity (Wildman–Crippen MR) is 139 cm³/mol. The number of benzene rings is 2. The lowest BCUT2D eigenvalue weighted by molar-refractivity contribution is 0.0680. The SMILES string of the molecule is Cc1ccc(C)n1-c1ccc(C(=O)N2CCC3(CC2)Nc2ccccc2-c2c3cnn2C)c(Cl)c1. The Kier molecular flexibility index (Phi) is 5.04. The van der Waals surface area contributed by atoms with Crippen LogP contribution < -0.4 is 5.32 Å². The molecule has 0 saturated carbocycles. The number of hydrogen-bond acceptors (Lipinski definition) is 3. The van der Waals surface area contributed by atoms with Gasteiger partial charge in [-0.05, 0) is 63.1 Å². The summed E-state index contributed by atoms with van der Waals surface area (Å²) in [5, 5.41) is 8.87. The van der Waals surface area contributed by atoms with Gasteiger partial charge in [-0.25, -0.2) is 0 Å². The molecular weight excluding hydrogens is 458 g/mol. The highest BCUT2D eigenvalue weighted by Gasteiger charge is 2.43. The van der Waals surface area contributed by atoms with Gasteiger partial charge in [-0.3, -0.25) is 9.48 Å². The summed E-state index contributed by atoms with van der Waals surface area (Å²) in [6.07, 6.45) is 3.60. The first-order valence-electron chi connectivity index (χ1n) is 12.0. The van der Waals surface area contributed by atoms with Gasteiger partial charge in [0.1, 0.15) is 0 Å². The fraction of sp³-hybridized carbons (Fsp3) is 0.286. The third-order valence-electron chi connectivity index (χ3n) is 7.63. The molecule has 6 rings (SSSR count). The smallest absolute Gasteiger partial charge is 0.255 e. The number of nitrogens with one attached hydrogen (secondary N) is 1. The molecule has 0 bridgehead atoms. The van der Waals surface area contributed by atoms with Crippen LogP contribution >= 0.6 is 11.6 Å². The summed E-state index contributed by atoms with van der Waals surface area (Å²) in [5.41, 5.74) is 8.23. The highest BCUT2D eigenvalue weighted by atomic mass is 35.5. The van der Waals surface area contributed by atoms with Crippen LogP contribution in [-0.4, -0.2) is 38.2 Å². The Bertz CT molecular complexity index is 1440. The van der Waals surface area contributed by atoms with Crippen molar-refractivity contribution in [3.63, 3.8) is 0 Å². The first-order valence-corrected chi connectivity index (χ1v) is 12.4. The van der Waals surface area contributed by atoms with E-state index >= 15 is 0 Å². The molecule has 178 valence electrons. The Labute approximate surface area is 210 Å². The molecular formula is C28H28ClN5O. The number of hydrogen-bond donors (Lipinski definition) is 1. The quantitative estimate of drug-likeness (QED) is 0.396. The number of halogens is 1. The number of fused-ring (bicyclic) bond motifs is 4. The van der Waals surface area contributed by atoms with Crippen molar-refractivity contribution in [3.05, 3.63) is 88.3 Å². The average molecular weight is 486 g/mol. The van der Waals surface area contributed by atoms with Crippen LogP contribution in [0.2, 0.25) is 5.02 Å². The Morgan fingerprint density at radius 3 is 2.46 bits per heavy atom. The van der Waals surface area contributed by atoms with Gasteiger partial charge in [0, 0.05) is 54.0 Å². The van der Waals surface area contributed by atoms with E-state index in [2.05, 4.69) is 65.2 Å². The number of anilines is 1.